The summed E-state index contributed by atoms with van der Waals surface area (Å²) in [5.41, 5.74) is -3.02. The van der Waals surface area contributed by atoms with Gasteiger partial charge in [0.25, 0.3) is 11.8 Å². The average molecular weight is 475 g/mol. The third-order valence-corrected chi connectivity index (χ3v) is 5.58. The third-order valence-electron chi connectivity index (χ3n) is 5.29. The molecule has 11 heteroatoms. The van der Waals surface area contributed by atoms with Gasteiger partial charge in [-0.3, -0.25) is 9.59 Å². The number of benzene rings is 2. The summed E-state index contributed by atoms with van der Waals surface area (Å²) in [6.45, 7) is -1.08. The molecule has 0 atom stereocenters. The van der Waals surface area contributed by atoms with Crippen LogP contribution in [0.25, 0.3) is 0 Å². The van der Waals surface area contributed by atoms with Gasteiger partial charge in [-0.2, -0.15) is 8.78 Å². The molecule has 0 aliphatic carbocycles. The van der Waals surface area contributed by atoms with Crippen LogP contribution in [0.4, 0.5) is 23.2 Å². The van der Waals surface area contributed by atoms with Gasteiger partial charge >= 0.3 is 5.92 Å². The summed E-state index contributed by atoms with van der Waals surface area (Å²) in [5, 5.41) is 21.2. The highest BCUT2D eigenvalue weighted by Gasteiger charge is 2.48. The molecule has 32 heavy (non-hydrogen) atoms. The van der Waals surface area contributed by atoms with Crippen LogP contribution in [0.2, 0.25) is 5.02 Å². The Kier molecular flexibility index (Phi) is 6.77. The largest absolute Gasteiger partial charge is 0.393 e. The molecule has 0 bridgehead atoms. The smallest absolute Gasteiger partial charge is 0.352 e. The molecule has 1 heterocycles. The molecule has 0 aromatic heterocycles. The summed E-state index contributed by atoms with van der Waals surface area (Å²) in [4.78, 5) is 25.6. The van der Waals surface area contributed by atoms with E-state index in [1.165, 1.54) is 6.07 Å². The molecular weight excluding hydrogens is 456 g/mol. The lowest BCUT2D eigenvalue weighted by molar-refractivity contribution is -0.164. The molecule has 1 fully saturated rings. The molecule has 0 saturated carbocycles. The number of alkyl halides is 2. The summed E-state index contributed by atoms with van der Waals surface area (Å²) in [7, 11) is 0. The van der Waals surface area contributed by atoms with Gasteiger partial charge < -0.3 is 20.4 Å². The van der Waals surface area contributed by atoms with E-state index in [-0.39, 0.29) is 42.2 Å². The van der Waals surface area contributed by atoms with Gasteiger partial charge in [0.05, 0.1) is 22.8 Å². The number of aliphatic hydroxyl groups excluding tert-OH is 1. The molecule has 3 rings (SSSR count). The highest BCUT2D eigenvalue weighted by molar-refractivity contribution is 6.31. The fourth-order valence-electron chi connectivity index (χ4n) is 3.28. The van der Waals surface area contributed by atoms with E-state index in [0.29, 0.717) is 12.1 Å². The Morgan fingerprint density at radius 3 is 2.31 bits per heavy atom. The second-order valence-electron chi connectivity index (χ2n) is 7.53. The van der Waals surface area contributed by atoms with E-state index in [1.54, 1.807) is 0 Å². The molecule has 2 aromatic carbocycles. The molecule has 0 radical (unpaired) electrons. The normalized spacial score (nSPS) is 16.0. The number of nitrogens with one attached hydrogen (secondary N) is 1. The Morgan fingerprint density at radius 1 is 1.09 bits per heavy atom. The third kappa shape index (κ3) is 4.87. The predicted molar refractivity (Wildman–Crippen MR) is 108 cm³/mol. The van der Waals surface area contributed by atoms with E-state index in [1.807, 2.05) is 0 Å². The van der Waals surface area contributed by atoms with Gasteiger partial charge in [-0.05, 0) is 49.2 Å². The number of hydrogen-bond acceptors (Lipinski definition) is 4. The number of halogens is 5. The van der Waals surface area contributed by atoms with Crippen LogP contribution in [0.3, 0.4) is 0 Å². The second-order valence-corrected chi connectivity index (χ2v) is 7.93. The van der Waals surface area contributed by atoms with Gasteiger partial charge in [0.15, 0.2) is 0 Å². The number of amides is 2. The van der Waals surface area contributed by atoms with Crippen molar-refractivity contribution in [1.82, 2.24) is 4.90 Å². The molecule has 1 aliphatic rings. The maximum absolute atomic E-state index is 14.9. The molecule has 0 unspecified atom stereocenters. The number of aliphatic hydroxyl groups is 2. The Bertz CT molecular complexity index is 1040. The molecule has 0 spiro atoms. The maximum Gasteiger partial charge on any atom is 0.352 e. The number of hydrogen-bond donors (Lipinski definition) is 3. The van der Waals surface area contributed by atoms with E-state index in [4.69, 9.17) is 16.7 Å². The first kappa shape index (κ1) is 24.0. The van der Waals surface area contributed by atoms with E-state index < -0.39 is 47.1 Å². The number of nitrogens with zero attached hydrogens (tertiary/aromatic N) is 1. The zero-order chi connectivity index (χ0) is 23.7. The van der Waals surface area contributed by atoms with E-state index in [0.717, 1.165) is 23.1 Å². The molecule has 1 aliphatic heterocycles. The van der Waals surface area contributed by atoms with Crippen molar-refractivity contribution in [2.24, 2.45) is 0 Å². The number of rotatable bonds is 5. The fraction of sp³-hybridized carbons (Fsp3) is 0.333. The Labute approximate surface area is 185 Å². The minimum atomic E-state index is -4.28. The first-order valence-electron chi connectivity index (χ1n) is 9.54. The van der Waals surface area contributed by atoms with Crippen LogP contribution in [0.5, 0.6) is 0 Å². The van der Waals surface area contributed by atoms with Crippen LogP contribution < -0.4 is 5.32 Å². The van der Waals surface area contributed by atoms with E-state index >= 15 is 0 Å². The Balaban J connectivity index is 1.81. The van der Waals surface area contributed by atoms with Gasteiger partial charge in [-0.1, -0.05) is 11.6 Å². The van der Waals surface area contributed by atoms with E-state index in [9.17, 15) is 32.3 Å². The fourth-order valence-corrected chi connectivity index (χ4v) is 3.46. The molecule has 2 amide bonds. The van der Waals surface area contributed by atoms with Crippen molar-refractivity contribution in [3.05, 3.63) is 64.2 Å². The topological polar surface area (TPSA) is 89.9 Å². The van der Waals surface area contributed by atoms with Crippen LogP contribution in [-0.4, -0.2) is 52.2 Å². The predicted octanol–water partition coefficient (Wildman–Crippen LogP) is 3.31. The Morgan fingerprint density at radius 2 is 1.72 bits per heavy atom. The highest BCUT2D eigenvalue weighted by Crippen LogP contribution is 2.35. The van der Waals surface area contributed by atoms with Crippen LogP contribution in [0.15, 0.2) is 36.4 Å². The molecule has 1 saturated heterocycles. The van der Waals surface area contributed by atoms with Crippen LogP contribution in [0.1, 0.15) is 28.8 Å². The van der Waals surface area contributed by atoms with Crippen molar-refractivity contribution >= 4 is 29.1 Å². The second kappa shape index (κ2) is 9.05. The molecule has 3 N–H and O–H groups in total. The van der Waals surface area contributed by atoms with Gasteiger partial charge in [0, 0.05) is 24.3 Å². The molecule has 6 nitrogen and oxygen atoms in total. The first-order valence-corrected chi connectivity index (χ1v) is 9.91. The van der Waals surface area contributed by atoms with Gasteiger partial charge in [-0.25, -0.2) is 8.78 Å². The number of likely N-dealkylation sites (tertiary alicyclic amines) is 1. The van der Waals surface area contributed by atoms with Crippen molar-refractivity contribution < 1.29 is 37.4 Å². The number of carbonyl (C=O) groups excluding carboxylic acids is 2. The highest BCUT2D eigenvalue weighted by atomic mass is 35.5. The lowest BCUT2D eigenvalue weighted by Crippen LogP contribution is -2.52. The monoisotopic (exact) mass is 474 g/mol. The maximum atomic E-state index is 14.9. The quantitative estimate of drug-likeness (QED) is 0.580. The number of anilines is 1. The Hall–Kier alpha value is -2.69. The summed E-state index contributed by atoms with van der Waals surface area (Å²) in [5.74, 6) is -8.97. The van der Waals surface area contributed by atoms with Crippen molar-refractivity contribution in [3.63, 3.8) is 0 Å². The zero-order valence-electron chi connectivity index (χ0n) is 16.5. The van der Waals surface area contributed by atoms with Crippen molar-refractivity contribution in [2.75, 3.05) is 25.0 Å². The summed E-state index contributed by atoms with van der Waals surface area (Å²) in [6, 6.07) is 5.48. The molecular formula is C21H19ClF4N2O4. The summed E-state index contributed by atoms with van der Waals surface area (Å²) >= 11 is 5.64. The lowest BCUT2D eigenvalue weighted by atomic mass is 9.91. The summed E-state index contributed by atoms with van der Waals surface area (Å²) in [6.07, 6.45) is -0.229. The van der Waals surface area contributed by atoms with Crippen LogP contribution in [0, 0.1) is 11.6 Å². The molecule has 2 aromatic rings. The van der Waals surface area contributed by atoms with Crippen LogP contribution in [-0.2, 0) is 10.7 Å². The van der Waals surface area contributed by atoms with Gasteiger partial charge in [0.1, 0.15) is 11.6 Å². The van der Waals surface area contributed by atoms with Gasteiger partial charge in [0.2, 0.25) is 0 Å². The van der Waals surface area contributed by atoms with Crippen molar-refractivity contribution in [2.45, 2.75) is 24.4 Å². The summed E-state index contributed by atoms with van der Waals surface area (Å²) < 4.78 is 57.3. The average Bonchev–Trinajstić information content (AvgIpc) is 2.76. The number of carbonyl (C=O) groups is 2. The zero-order valence-corrected chi connectivity index (χ0v) is 17.3. The van der Waals surface area contributed by atoms with Crippen molar-refractivity contribution in [3.8, 4) is 0 Å². The minimum absolute atomic E-state index is 0.0831. The first-order chi connectivity index (χ1) is 15.0. The SMILES string of the molecule is O=C(Nc1ccc(F)c(Cl)c1)c1ccc(F)c(C(F)(F)C(=O)N2CCC(O)(CO)CC2)c1. The van der Waals surface area contributed by atoms with Crippen LogP contribution >= 0.6 is 11.6 Å². The standard InChI is InChI=1S/C21H19ClF4N2O4/c22-15-10-13(2-4-17(15)24)27-18(30)12-1-3-16(23)14(9-12)21(25,26)19(31)28-7-5-20(32,11-29)6-8-28/h1-4,9-10,29,32H,5-8,11H2,(H,27,30). The minimum Gasteiger partial charge on any atom is -0.393 e. The number of piperidine rings is 1. The van der Waals surface area contributed by atoms with E-state index in [2.05, 4.69) is 5.32 Å². The molecule has 172 valence electrons. The lowest BCUT2D eigenvalue weighted by Gasteiger charge is -2.38. The van der Waals surface area contributed by atoms with Gasteiger partial charge in [-0.15, -0.1) is 0 Å². The van der Waals surface area contributed by atoms with Crippen molar-refractivity contribution in [1.29, 1.82) is 0 Å².